The predicted molar refractivity (Wildman–Crippen MR) is 105 cm³/mol. The maximum atomic E-state index is 12.3. The van der Waals surface area contributed by atoms with E-state index in [-0.39, 0.29) is 25.7 Å². The highest BCUT2D eigenvalue weighted by Crippen LogP contribution is 2.44. The minimum Gasteiger partial charge on any atom is -0.464 e. The lowest BCUT2D eigenvalue weighted by atomic mass is 9.98. The van der Waals surface area contributed by atoms with Gasteiger partial charge in [-0.2, -0.15) is 0 Å². The average Bonchev–Trinajstić information content (AvgIpc) is 3.04. The summed E-state index contributed by atoms with van der Waals surface area (Å²) < 4.78 is 15.0. The Hall–Kier alpha value is -3.35. The SMILES string of the molecule is CCOC(=O)C(NC(=O)OCC1c2ccccc2-c2ccccc21)C(=O)OCC. The van der Waals surface area contributed by atoms with Gasteiger partial charge in [-0.1, -0.05) is 48.5 Å². The van der Waals surface area contributed by atoms with Gasteiger partial charge in [0.25, 0.3) is 0 Å². The molecule has 29 heavy (non-hydrogen) atoms. The zero-order valence-corrected chi connectivity index (χ0v) is 16.3. The van der Waals surface area contributed by atoms with E-state index in [0.29, 0.717) is 0 Å². The first-order valence-corrected chi connectivity index (χ1v) is 9.51. The Morgan fingerprint density at radius 2 is 1.31 bits per heavy atom. The molecule has 0 bridgehead atoms. The van der Waals surface area contributed by atoms with Crippen molar-refractivity contribution in [2.45, 2.75) is 25.8 Å². The fraction of sp³-hybridized carbons (Fsp3) is 0.318. The van der Waals surface area contributed by atoms with Crippen molar-refractivity contribution in [2.75, 3.05) is 19.8 Å². The van der Waals surface area contributed by atoms with E-state index in [4.69, 9.17) is 14.2 Å². The van der Waals surface area contributed by atoms with Gasteiger partial charge in [0.05, 0.1) is 13.2 Å². The van der Waals surface area contributed by atoms with Crippen LogP contribution in [0.5, 0.6) is 0 Å². The number of nitrogens with one attached hydrogen (secondary N) is 1. The first kappa shape index (κ1) is 20.4. The maximum Gasteiger partial charge on any atom is 0.408 e. The number of amides is 1. The number of hydrogen-bond acceptors (Lipinski definition) is 6. The molecular formula is C22H23NO6. The van der Waals surface area contributed by atoms with Gasteiger partial charge < -0.3 is 14.2 Å². The van der Waals surface area contributed by atoms with Crippen LogP contribution in [0.1, 0.15) is 30.9 Å². The van der Waals surface area contributed by atoms with E-state index in [1.165, 1.54) is 0 Å². The topological polar surface area (TPSA) is 90.9 Å². The molecule has 2 aromatic carbocycles. The molecule has 0 spiro atoms. The van der Waals surface area contributed by atoms with Gasteiger partial charge in [-0.15, -0.1) is 0 Å². The first-order chi connectivity index (χ1) is 14.1. The average molecular weight is 397 g/mol. The van der Waals surface area contributed by atoms with Gasteiger partial charge >= 0.3 is 18.0 Å². The van der Waals surface area contributed by atoms with Crippen LogP contribution in [0.15, 0.2) is 48.5 Å². The summed E-state index contributed by atoms with van der Waals surface area (Å²) in [5.41, 5.74) is 4.34. The molecule has 0 fully saturated rings. The van der Waals surface area contributed by atoms with E-state index in [9.17, 15) is 14.4 Å². The normalized spacial score (nSPS) is 12.1. The second-order valence-corrected chi connectivity index (χ2v) is 6.41. The standard InChI is InChI=1S/C22H23NO6/c1-3-27-20(24)19(21(25)28-4-2)23-22(26)29-13-18-16-11-7-5-9-14(16)15-10-6-8-12-17(15)18/h5-12,18-19H,3-4,13H2,1-2H3,(H,23,26). The number of ether oxygens (including phenoxy) is 3. The second kappa shape index (κ2) is 9.23. The van der Waals surface area contributed by atoms with Crippen LogP contribution in [0, 0.1) is 0 Å². The zero-order chi connectivity index (χ0) is 20.8. The molecule has 1 aliphatic rings. The summed E-state index contributed by atoms with van der Waals surface area (Å²) in [5.74, 6) is -1.91. The van der Waals surface area contributed by atoms with Crippen molar-refractivity contribution in [3.63, 3.8) is 0 Å². The van der Waals surface area contributed by atoms with Crippen molar-refractivity contribution in [3.8, 4) is 11.1 Å². The van der Waals surface area contributed by atoms with Crippen molar-refractivity contribution >= 4 is 18.0 Å². The molecule has 3 rings (SSSR count). The molecule has 0 atom stereocenters. The Labute approximate surface area is 169 Å². The van der Waals surface area contributed by atoms with Gasteiger partial charge in [0, 0.05) is 5.92 Å². The maximum absolute atomic E-state index is 12.3. The van der Waals surface area contributed by atoms with Crippen LogP contribution in [0.2, 0.25) is 0 Å². The van der Waals surface area contributed by atoms with E-state index < -0.39 is 24.1 Å². The number of benzene rings is 2. The van der Waals surface area contributed by atoms with Crippen LogP contribution < -0.4 is 5.32 Å². The highest BCUT2D eigenvalue weighted by Gasteiger charge is 2.33. The number of carbonyl (C=O) groups is 3. The summed E-state index contributed by atoms with van der Waals surface area (Å²) in [5, 5.41) is 2.25. The summed E-state index contributed by atoms with van der Waals surface area (Å²) in [6.07, 6.45) is -0.891. The molecule has 0 saturated carbocycles. The zero-order valence-electron chi connectivity index (χ0n) is 16.3. The van der Waals surface area contributed by atoms with Gasteiger partial charge in [-0.3, -0.25) is 5.32 Å². The van der Waals surface area contributed by atoms with Crippen LogP contribution in [-0.4, -0.2) is 43.9 Å². The smallest absolute Gasteiger partial charge is 0.408 e. The lowest BCUT2D eigenvalue weighted by molar-refractivity contribution is -0.157. The van der Waals surface area contributed by atoms with Gasteiger partial charge in [0.15, 0.2) is 0 Å². The summed E-state index contributed by atoms with van der Waals surface area (Å²) in [6, 6.07) is 14.3. The fourth-order valence-corrected chi connectivity index (χ4v) is 3.42. The Morgan fingerprint density at radius 1 is 0.828 bits per heavy atom. The summed E-state index contributed by atoms with van der Waals surface area (Å²) in [4.78, 5) is 36.3. The predicted octanol–water partition coefficient (Wildman–Crippen LogP) is 3.02. The number of rotatable bonds is 7. The molecule has 7 nitrogen and oxygen atoms in total. The van der Waals surface area contributed by atoms with Crippen LogP contribution in [0.25, 0.3) is 11.1 Å². The molecule has 1 N–H and O–H groups in total. The highest BCUT2D eigenvalue weighted by atomic mass is 16.6. The van der Waals surface area contributed by atoms with Crippen LogP contribution in [-0.2, 0) is 23.8 Å². The minimum absolute atomic E-state index is 0.0677. The lowest BCUT2D eigenvalue weighted by Crippen LogP contribution is -2.48. The molecule has 152 valence electrons. The molecule has 0 heterocycles. The Kier molecular flexibility index (Phi) is 6.49. The third-order valence-corrected chi connectivity index (χ3v) is 4.65. The molecule has 2 aromatic rings. The third kappa shape index (κ3) is 4.39. The van der Waals surface area contributed by atoms with Crippen molar-refractivity contribution in [3.05, 3.63) is 59.7 Å². The highest BCUT2D eigenvalue weighted by molar-refractivity contribution is 6.01. The largest absolute Gasteiger partial charge is 0.464 e. The molecule has 0 radical (unpaired) electrons. The van der Waals surface area contributed by atoms with E-state index in [1.807, 2.05) is 48.5 Å². The number of fused-ring (bicyclic) bond motifs is 3. The van der Waals surface area contributed by atoms with Crippen LogP contribution in [0.3, 0.4) is 0 Å². The van der Waals surface area contributed by atoms with E-state index in [1.54, 1.807) is 13.8 Å². The van der Waals surface area contributed by atoms with Crippen molar-refractivity contribution in [1.82, 2.24) is 5.32 Å². The first-order valence-electron chi connectivity index (χ1n) is 9.51. The summed E-state index contributed by atoms with van der Waals surface area (Å²) in [7, 11) is 0. The van der Waals surface area contributed by atoms with Crippen molar-refractivity contribution in [1.29, 1.82) is 0 Å². The van der Waals surface area contributed by atoms with Gasteiger partial charge in [-0.05, 0) is 36.1 Å². The number of alkyl carbamates (subject to hydrolysis) is 1. The molecule has 1 aliphatic carbocycles. The van der Waals surface area contributed by atoms with E-state index in [2.05, 4.69) is 5.32 Å². The Bertz CT molecular complexity index is 846. The monoisotopic (exact) mass is 397 g/mol. The molecule has 1 amide bonds. The molecule has 0 unspecified atom stereocenters. The van der Waals surface area contributed by atoms with Gasteiger partial charge in [0.2, 0.25) is 6.04 Å². The van der Waals surface area contributed by atoms with Crippen molar-refractivity contribution < 1.29 is 28.6 Å². The van der Waals surface area contributed by atoms with Gasteiger partial charge in [-0.25, -0.2) is 14.4 Å². The Balaban J connectivity index is 1.70. The molecular weight excluding hydrogens is 374 g/mol. The molecule has 7 heteroatoms. The van der Waals surface area contributed by atoms with E-state index in [0.717, 1.165) is 22.3 Å². The van der Waals surface area contributed by atoms with Crippen LogP contribution >= 0.6 is 0 Å². The molecule has 0 aromatic heterocycles. The quantitative estimate of drug-likeness (QED) is 0.439. The summed E-state index contributed by atoms with van der Waals surface area (Å²) >= 11 is 0. The number of carbonyl (C=O) groups excluding carboxylic acids is 3. The lowest BCUT2D eigenvalue weighted by Gasteiger charge is -2.18. The van der Waals surface area contributed by atoms with Crippen molar-refractivity contribution in [2.24, 2.45) is 0 Å². The molecule has 0 aliphatic heterocycles. The minimum atomic E-state index is -1.56. The second-order valence-electron chi connectivity index (χ2n) is 6.41. The van der Waals surface area contributed by atoms with Gasteiger partial charge in [0.1, 0.15) is 6.61 Å². The van der Waals surface area contributed by atoms with E-state index >= 15 is 0 Å². The third-order valence-electron chi connectivity index (χ3n) is 4.65. The number of hydrogen-bond donors (Lipinski definition) is 1. The fourth-order valence-electron chi connectivity index (χ4n) is 3.42. The Morgan fingerprint density at radius 3 is 1.79 bits per heavy atom. The molecule has 0 saturated heterocycles. The number of esters is 2. The van der Waals surface area contributed by atoms with Crippen LogP contribution in [0.4, 0.5) is 4.79 Å². The summed E-state index contributed by atoms with van der Waals surface area (Å²) in [6.45, 7) is 3.42.